The summed E-state index contributed by atoms with van der Waals surface area (Å²) in [6.07, 6.45) is 2.98. The van der Waals surface area contributed by atoms with E-state index in [-0.39, 0.29) is 17.5 Å². The van der Waals surface area contributed by atoms with E-state index in [4.69, 9.17) is 4.74 Å². The van der Waals surface area contributed by atoms with E-state index in [0.29, 0.717) is 17.8 Å². The number of ether oxygens (including phenoxy) is 1. The quantitative estimate of drug-likeness (QED) is 0.943. The number of nitrogens with zero attached hydrogens (tertiary/aromatic N) is 1. The second kappa shape index (κ2) is 6.91. The summed E-state index contributed by atoms with van der Waals surface area (Å²) in [4.78, 5) is 29.2. The number of hydrogen-bond acceptors (Lipinski definition) is 3. The van der Waals surface area contributed by atoms with E-state index in [0.717, 1.165) is 30.6 Å². The van der Waals surface area contributed by atoms with Crippen LogP contribution in [0.2, 0.25) is 0 Å². The lowest BCUT2D eigenvalue weighted by atomic mass is 9.94. The summed E-state index contributed by atoms with van der Waals surface area (Å²) in [5.41, 5.74) is 1.98. The van der Waals surface area contributed by atoms with E-state index >= 15 is 0 Å². The zero-order valence-corrected chi connectivity index (χ0v) is 14.0. The van der Waals surface area contributed by atoms with Crippen LogP contribution in [0.1, 0.15) is 46.9 Å². The molecule has 1 N–H and O–H groups in total. The highest BCUT2D eigenvalue weighted by Gasteiger charge is 2.29. The molecule has 1 atom stereocenters. The Hall–Kier alpha value is -2.56. The van der Waals surface area contributed by atoms with Crippen molar-refractivity contribution in [3.8, 4) is 5.75 Å². The fraction of sp³-hybridized carbons (Fsp3) is 0.368. The summed E-state index contributed by atoms with van der Waals surface area (Å²) in [6.45, 7) is 2.49. The highest BCUT2D eigenvalue weighted by molar-refractivity contribution is 5.94. The van der Waals surface area contributed by atoms with Crippen molar-refractivity contribution >= 4 is 5.91 Å². The van der Waals surface area contributed by atoms with Gasteiger partial charge in [-0.2, -0.15) is 0 Å². The number of nitrogens with one attached hydrogen (secondary N) is 1. The number of amides is 1. The van der Waals surface area contributed by atoms with E-state index < -0.39 is 0 Å². The van der Waals surface area contributed by atoms with Crippen LogP contribution < -0.4 is 10.3 Å². The number of carbonyl (C=O) groups excluding carboxylic acids is 1. The van der Waals surface area contributed by atoms with Crippen LogP contribution >= 0.6 is 0 Å². The molecule has 2 aromatic rings. The Kier molecular flexibility index (Phi) is 4.69. The molecule has 0 saturated carbocycles. The first-order chi connectivity index (χ1) is 11.6. The predicted octanol–water partition coefficient (Wildman–Crippen LogP) is 3.06. The van der Waals surface area contributed by atoms with Crippen LogP contribution in [0.15, 0.2) is 41.2 Å². The number of piperidine rings is 1. The van der Waals surface area contributed by atoms with Crippen LogP contribution in [0.25, 0.3) is 0 Å². The number of aromatic nitrogens is 1. The molecule has 126 valence electrons. The normalized spacial score (nSPS) is 17.6. The third-order valence-electron chi connectivity index (χ3n) is 4.47. The highest BCUT2D eigenvalue weighted by atomic mass is 16.5. The van der Waals surface area contributed by atoms with Crippen molar-refractivity contribution < 1.29 is 9.53 Å². The molecule has 1 aromatic heterocycles. The molecule has 1 aliphatic rings. The Morgan fingerprint density at radius 3 is 2.83 bits per heavy atom. The van der Waals surface area contributed by atoms with Crippen molar-refractivity contribution in [2.45, 2.75) is 32.2 Å². The molecule has 1 amide bonds. The number of methoxy groups -OCH3 is 1. The second-order valence-electron chi connectivity index (χ2n) is 6.20. The highest BCUT2D eigenvalue weighted by Crippen LogP contribution is 2.33. The van der Waals surface area contributed by atoms with Gasteiger partial charge in [-0.15, -0.1) is 0 Å². The maximum Gasteiger partial charge on any atom is 0.254 e. The van der Waals surface area contributed by atoms with E-state index in [2.05, 4.69) is 4.98 Å². The molecule has 1 saturated heterocycles. The summed E-state index contributed by atoms with van der Waals surface area (Å²) < 4.78 is 5.31. The molecule has 5 nitrogen and oxygen atoms in total. The molecule has 5 heteroatoms. The molecule has 1 fully saturated rings. The molecule has 0 unspecified atom stereocenters. The van der Waals surface area contributed by atoms with Gasteiger partial charge in [0.2, 0.25) is 5.56 Å². The third-order valence-corrected chi connectivity index (χ3v) is 4.47. The fourth-order valence-electron chi connectivity index (χ4n) is 3.34. The Morgan fingerprint density at radius 1 is 1.25 bits per heavy atom. The molecule has 0 aliphatic carbocycles. The predicted molar refractivity (Wildman–Crippen MR) is 92.4 cm³/mol. The van der Waals surface area contributed by atoms with Crippen LogP contribution in [-0.2, 0) is 0 Å². The summed E-state index contributed by atoms with van der Waals surface area (Å²) in [5, 5.41) is 0. The maximum absolute atomic E-state index is 13.0. The summed E-state index contributed by atoms with van der Waals surface area (Å²) in [5.74, 6) is 0.703. The fourth-order valence-corrected chi connectivity index (χ4v) is 3.34. The zero-order chi connectivity index (χ0) is 17.1. The van der Waals surface area contributed by atoms with E-state index in [1.165, 1.54) is 6.07 Å². The first kappa shape index (κ1) is 16.3. The summed E-state index contributed by atoms with van der Waals surface area (Å²) in [7, 11) is 1.64. The van der Waals surface area contributed by atoms with Gasteiger partial charge in [0.25, 0.3) is 5.91 Å². The molecule has 0 bridgehead atoms. The molecule has 24 heavy (non-hydrogen) atoms. The van der Waals surface area contributed by atoms with Crippen LogP contribution in [0, 0.1) is 6.92 Å². The number of aromatic amines is 1. The number of carbonyl (C=O) groups is 1. The number of rotatable bonds is 3. The lowest BCUT2D eigenvalue weighted by Gasteiger charge is -2.36. The molecule has 0 radical (unpaired) electrons. The molecular formula is C19H22N2O3. The van der Waals surface area contributed by atoms with Crippen molar-refractivity contribution in [1.82, 2.24) is 9.88 Å². The zero-order valence-electron chi connectivity index (χ0n) is 14.0. The van der Waals surface area contributed by atoms with Crippen molar-refractivity contribution in [1.29, 1.82) is 0 Å². The van der Waals surface area contributed by atoms with Crippen molar-refractivity contribution in [3.63, 3.8) is 0 Å². The van der Waals surface area contributed by atoms with Gasteiger partial charge in [0, 0.05) is 23.9 Å². The van der Waals surface area contributed by atoms with Crippen molar-refractivity contribution in [2.24, 2.45) is 0 Å². The van der Waals surface area contributed by atoms with Crippen LogP contribution in [0.4, 0.5) is 0 Å². The average molecular weight is 326 g/mol. The first-order valence-corrected chi connectivity index (χ1v) is 8.24. The number of H-pyrrole nitrogens is 1. The van der Waals surface area contributed by atoms with Gasteiger partial charge in [-0.1, -0.05) is 12.1 Å². The number of aryl methyl sites for hydroxylation is 1. The molecule has 1 aromatic carbocycles. The number of pyridine rings is 1. The standard InChI is InChI=1S/C19H22N2O3/c1-13-10-15(12-18(22)20-13)19(23)21-9-4-3-8-17(21)14-6-5-7-16(11-14)24-2/h5-7,10-12,17H,3-4,8-9H2,1-2H3,(H,20,22)/t17-/m0/s1. The SMILES string of the molecule is COc1cccc([C@@H]2CCCCN2C(=O)c2cc(C)[nH]c(=O)c2)c1. The van der Waals surface area contributed by atoms with Gasteiger partial charge in [0.1, 0.15) is 5.75 Å². The Labute approximate surface area is 141 Å². The summed E-state index contributed by atoms with van der Waals surface area (Å²) >= 11 is 0. The van der Waals surface area contributed by atoms with Gasteiger partial charge < -0.3 is 14.6 Å². The minimum atomic E-state index is -0.242. The Balaban J connectivity index is 1.94. The largest absolute Gasteiger partial charge is 0.497 e. The molecule has 0 spiro atoms. The van der Waals surface area contributed by atoms with E-state index in [1.807, 2.05) is 29.2 Å². The van der Waals surface area contributed by atoms with Crippen LogP contribution in [-0.4, -0.2) is 29.4 Å². The molecule has 1 aliphatic heterocycles. The molecule has 3 rings (SSSR count). The Morgan fingerprint density at radius 2 is 2.08 bits per heavy atom. The van der Waals surface area contributed by atoms with Gasteiger partial charge >= 0.3 is 0 Å². The second-order valence-corrected chi connectivity index (χ2v) is 6.20. The summed E-state index contributed by atoms with van der Waals surface area (Å²) in [6, 6.07) is 11.0. The van der Waals surface area contributed by atoms with Crippen molar-refractivity contribution in [2.75, 3.05) is 13.7 Å². The number of likely N-dealkylation sites (tertiary alicyclic amines) is 1. The first-order valence-electron chi connectivity index (χ1n) is 8.24. The smallest absolute Gasteiger partial charge is 0.254 e. The molecule has 2 heterocycles. The number of benzene rings is 1. The lowest BCUT2D eigenvalue weighted by Crippen LogP contribution is -2.39. The van der Waals surface area contributed by atoms with Gasteiger partial charge in [-0.25, -0.2) is 0 Å². The third kappa shape index (κ3) is 3.35. The number of hydrogen-bond donors (Lipinski definition) is 1. The Bertz CT molecular complexity index is 797. The van der Waals surface area contributed by atoms with Gasteiger partial charge in [-0.3, -0.25) is 9.59 Å². The van der Waals surface area contributed by atoms with Gasteiger partial charge in [-0.05, 0) is 49.9 Å². The molecular weight excluding hydrogens is 304 g/mol. The monoisotopic (exact) mass is 326 g/mol. The van der Waals surface area contributed by atoms with E-state index in [9.17, 15) is 9.59 Å². The van der Waals surface area contributed by atoms with Crippen molar-refractivity contribution in [3.05, 3.63) is 63.6 Å². The van der Waals surface area contributed by atoms with Gasteiger partial charge in [0.15, 0.2) is 0 Å². The minimum Gasteiger partial charge on any atom is -0.497 e. The maximum atomic E-state index is 13.0. The van der Waals surface area contributed by atoms with Crippen LogP contribution in [0.3, 0.4) is 0 Å². The van der Waals surface area contributed by atoms with Crippen LogP contribution in [0.5, 0.6) is 5.75 Å². The average Bonchev–Trinajstić information content (AvgIpc) is 2.60. The van der Waals surface area contributed by atoms with Gasteiger partial charge in [0.05, 0.1) is 13.2 Å². The lowest BCUT2D eigenvalue weighted by molar-refractivity contribution is 0.0611. The minimum absolute atomic E-state index is 0.0148. The topological polar surface area (TPSA) is 62.4 Å². The van der Waals surface area contributed by atoms with E-state index in [1.54, 1.807) is 20.1 Å².